The monoisotopic (exact) mass is 342 g/mol. The van der Waals surface area contributed by atoms with Crippen molar-refractivity contribution in [1.82, 2.24) is 15.3 Å². The molecule has 2 amide bonds. The Bertz CT molecular complexity index is 736. The van der Waals surface area contributed by atoms with Gasteiger partial charge in [-0.3, -0.25) is 14.6 Å². The van der Waals surface area contributed by atoms with Crippen LogP contribution in [0.25, 0.3) is 0 Å². The van der Waals surface area contributed by atoms with Gasteiger partial charge in [0, 0.05) is 24.6 Å². The number of ether oxygens (including phenoxy) is 2. The second-order valence-corrected chi connectivity index (χ2v) is 5.58. The highest BCUT2D eigenvalue weighted by Crippen LogP contribution is 2.19. The first-order valence-electron chi connectivity index (χ1n) is 7.84. The van der Waals surface area contributed by atoms with E-state index < -0.39 is 5.91 Å². The molecular formula is C17H18N4O4. The predicted octanol–water partition coefficient (Wildman–Crippen LogP) is 0.542. The molecule has 1 aliphatic rings. The van der Waals surface area contributed by atoms with Gasteiger partial charge in [-0.25, -0.2) is 4.98 Å². The Kier molecular flexibility index (Phi) is 5.20. The van der Waals surface area contributed by atoms with E-state index in [1.807, 2.05) is 0 Å². The summed E-state index contributed by atoms with van der Waals surface area (Å²) in [6, 6.07) is 6.29. The molecule has 8 nitrogen and oxygen atoms in total. The van der Waals surface area contributed by atoms with Crippen LogP contribution in [0.3, 0.4) is 0 Å². The molecule has 1 aromatic heterocycles. The molecule has 2 unspecified atom stereocenters. The lowest BCUT2D eigenvalue weighted by Crippen LogP contribution is -2.51. The molecule has 2 atom stereocenters. The van der Waals surface area contributed by atoms with Gasteiger partial charge in [-0.15, -0.1) is 0 Å². The fraction of sp³-hybridized carbons (Fsp3) is 0.294. The summed E-state index contributed by atoms with van der Waals surface area (Å²) in [5.74, 6) is -0.237. The molecule has 1 saturated heterocycles. The largest absolute Gasteiger partial charge is 0.486 e. The number of carbonyl (C=O) groups excluding carboxylic acids is 2. The zero-order chi connectivity index (χ0) is 17.6. The van der Waals surface area contributed by atoms with E-state index in [-0.39, 0.29) is 23.7 Å². The number of carbonyl (C=O) groups is 2. The first kappa shape index (κ1) is 16.8. The van der Waals surface area contributed by atoms with Gasteiger partial charge in [0.05, 0.1) is 18.8 Å². The summed E-state index contributed by atoms with van der Waals surface area (Å²) >= 11 is 0. The number of primary amides is 1. The zero-order valence-corrected chi connectivity index (χ0v) is 13.4. The van der Waals surface area contributed by atoms with Gasteiger partial charge in [0.15, 0.2) is 0 Å². The lowest BCUT2D eigenvalue weighted by atomic mass is 10.1. The van der Waals surface area contributed by atoms with Gasteiger partial charge in [-0.05, 0) is 30.7 Å². The van der Waals surface area contributed by atoms with Crippen LogP contribution in [0, 0.1) is 0 Å². The third-order valence-electron chi connectivity index (χ3n) is 3.84. The number of benzene rings is 1. The van der Waals surface area contributed by atoms with Crippen molar-refractivity contribution >= 4 is 11.8 Å². The third kappa shape index (κ3) is 4.30. The zero-order valence-electron chi connectivity index (χ0n) is 13.4. The van der Waals surface area contributed by atoms with Gasteiger partial charge in [0.25, 0.3) is 5.91 Å². The lowest BCUT2D eigenvalue weighted by molar-refractivity contribution is -0.0135. The summed E-state index contributed by atoms with van der Waals surface area (Å²) in [6.45, 7) is 0.884. The van der Waals surface area contributed by atoms with Crippen molar-refractivity contribution in [2.75, 3.05) is 13.2 Å². The topological polar surface area (TPSA) is 116 Å². The third-order valence-corrected chi connectivity index (χ3v) is 3.84. The summed E-state index contributed by atoms with van der Waals surface area (Å²) in [4.78, 5) is 31.3. The Labute approximate surface area is 144 Å². The Morgan fingerprint density at radius 2 is 2.04 bits per heavy atom. The molecule has 1 aromatic carbocycles. The molecule has 1 aliphatic heterocycles. The van der Waals surface area contributed by atoms with Crippen LogP contribution in [0.2, 0.25) is 0 Å². The summed E-state index contributed by atoms with van der Waals surface area (Å²) in [6.07, 6.45) is 4.65. The number of rotatable bonds is 5. The normalized spacial score (nSPS) is 19.8. The van der Waals surface area contributed by atoms with Gasteiger partial charge in [0.1, 0.15) is 17.5 Å². The van der Waals surface area contributed by atoms with Crippen LogP contribution in [0.1, 0.15) is 27.3 Å². The molecule has 3 N–H and O–H groups in total. The van der Waals surface area contributed by atoms with E-state index in [1.165, 1.54) is 18.6 Å². The van der Waals surface area contributed by atoms with Crippen molar-refractivity contribution in [3.63, 3.8) is 0 Å². The maximum atomic E-state index is 12.3. The fourth-order valence-electron chi connectivity index (χ4n) is 2.52. The molecule has 130 valence electrons. The molecule has 0 spiro atoms. The molecule has 25 heavy (non-hydrogen) atoms. The van der Waals surface area contributed by atoms with E-state index in [2.05, 4.69) is 15.3 Å². The first-order valence-corrected chi connectivity index (χ1v) is 7.84. The fourth-order valence-corrected chi connectivity index (χ4v) is 2.52. The average molecular weight is 342 g/mol. The highest BCUT2D eigenvalue weighted by molar-refractivity contribution is 5.93. The number of amides is 2. The van der Waals surface area contributed by atoms with Crippen molar-refractivity contribution in [1.29, 1.82) is 0 Å². The summed E-state index contributed by atoms with van der Waals surface area (Å²) < 4.78 is 11.4. The van der Waals surface area contributed by atoms with Gasteiger partial charge < -0.3 is 20.5 Å². The quantitative estimate of drug-likeness (QED) is 0.819. The Morgan fingerprint density at radius 3 is 2.72 bits per heavy atom. The molecule has 8 heteroatoms. The molecule has 2 heterocycles. The Morgan fingerprint density at radius 1 is 1.24 bits per heavy atom. The van der Waals surface area contributed by atoms with Crippen LogP contribution in [-0.2, 0) is 4.74 Å². The number of hydrogen-bond acceptors (Lipinski definition) is 6. The Balaban J connectivity index is 1.66. The van der Waals surface area contributed by atoms with Gasteiger partial charge in [-0.1, -0.05) is 0 Å². The molecule has 0 saturated carbocycles. The van der Waals surface area contributed by atoms with Crippen LogP contribution >= 0.6 is 0 Å². The van der Waals surface area contributed by atoms with E-state index >= 15 is 0 Å². The minimum atomic E-state index is -0.498. The number of nitrogens with zero attached hydrogens (tertiary/aromatic N) is 2. The van der Waals surface area contributed by atoms with Crippen molar-refractivity contribution in [3.05, 3.63) is 54.1 Å². The maximum absolute atomic E-state index is 12.3. The van der Waals surface area contributed by atoms with Crippen LogP contribution in [0.5, 0.6) is 5.75 Å². The number of nitrogens with one attached hydrogen (secondary N) is 1. The number of hydrogen-bond donors (Lipinski definition) is 2. The summed E-state index contributed by atoms with van der Waals surface area (Å²) in [5, 5.41) is 2.91. The van der Waals surface area contributed by atoms with E-state index in [0.29, 0.717) is 30.9 Å². The predicted molar refractivity (Wildman–Crippen MR) is 88.1 cm³/mol. The minimum Gasteiger partial charge on any atom is -0.486 e. The standard InChI is InChI=1S/C17H18N4O4/c18-16(22)11-1-3-12(4-2-11)25-15-10-24-8-5-13(15)21-17(23)14-9-19-6-7-20-14/h1-4,6-7,9,13,15H,5,8,10H2,(H2,18,22)(H,21,23). The van der Waals surface area contributed by atoms with Crippen molar-refractivity contribution in [2.24, 2.45) is 5.73 Å². The van der Waals surface area contributed by atoms with E-state index in [9.17, 15) is 9.59 Å². The van der Waals surface area contributed by atoms with E-state index in [0.717, 1.165) is 0 Å². The second kappa shape index (κ2) is 7.71. The van der Waals surface area contributed by atoms with Crippen LogP contribution in [0.4, 0.5) is 0 Å². The minimum absolute atomic E-state index is 0.223. The van der Waals surface area contributed by atoms with E-state index in [4.69, 9.17) is 15.2 Å². The van der Waals surface area contributed by atoms with Crippen LogP contribution in [0.15, 0.2) is 42.9 Å². The maximum Gasteiger partial charge on any atom is 0.271 e. The molecule has 0 bridgehead atoms. The molecule has 0 radical (unpaired) electrons. The van der Waals surface area contributed by atoms with Crippen molar-refractivity contribution in [2.45, 2.75) is 18.6 Å². The van der Waals surface area contributed by atoms with Gasteiger partial charge in [-0.2, -0.15) is 0 Å². The summed E-state index contributed by atoms with van der Waals surface area (Å²) in [7, 11) is 0. The molecule has 1 fully saturated rings. The van der Waals surface area contributed by atoms with Gasteiger partial charge >= 0.3 is 0 Å². The molecule has 2 aromatic rings. The Hall–Kier alpha value is -3.00. The van der Waals surface area contributed by atoms with E-state index in [1.54, 1.807) is 24.3 Å². The number of nitrogens with two attached hydrogens (primary N) is 1. The highest BCUT2D eigenvalue weighted by atomic mass is 16.5. The average Bonchev–Trinajstić information content (AvgIpc) is 2.64. The number of aromatic nitrogens is 2. The summed E-state index contributed by atoms with van der Waals surface area (Å²) in [5.41, 5.74) is 5.87. The first-order chi connectivity index (χ1) is 12.1. The highest BCUT2D eigenvalue weighted by Gasteiger charge is 2.29. The molecule has 3 rings (SSSR count). The smallest absolute Gasteiger partial charge is 0.271 e. The molecular weight excluding hydrogens is 324 g/mol. The van der Waals surface area contributed by atoms with Gasteiger partial charge in [0.2, 0.25) is 5.91 Å². The van der Waals surface area contributed by atoms with Crippen molar-refractivity contribution < 1.29 is 19.1 Å². The lowest BCUT2D eigenvalue weighted by Gasteiger charge is -2.32. The van der Waals surface area contributed by atoms with Crippen LogP contribution < -0.4 is 15.8 Å². The second-order valence-electron chi connectivity index (χ2n) is 5.58. The van der Waals surface area contributed by atoms with Crippen molar-refractivity contribution in [3.8, 4) is 5.75 Å². The molecule has 0 aliphatic carbocycles. The SMILES string of the molecule is NC(=O)c1ccc(OC2COCCC2NC(=O)c2cnccn2)cc1. The van der Waals surface area contributed by atoms with Crippen LogP contribution in [-0.4, -0.2) is 47.1 Å².